The van der Waals surface area contributed by atoms with E-state index in [1.165, 1.54) is 32.7 Å². The maximum Gasteiger partial charge on any atom is 0.227 e. The first kappa shape index (κ1) is 31.1. The van der Waals surface area contributed by atoms with Gasteiger partial charge in [-0.15, -0.1) is 0 Å². The van der Waals surface area contributed by atoms with Crippen LogP contribution in [0.3, 0.4) is 0 Å². The van der Waals surface area contributed by atoms with Crippen LogP contribution in [0.5, 0.6) is 0 Å². The van der Waals surface area contributed by atoms with E-state index in [9.17, 15) is 0 Å². The highest BCUT2D eigenvalue weighted by Gasteiger charge is 2.21. The average molecular weight is 705 g/mol. The Hall–Kier alpha value is -7.43. The molecule has 0 aliphatic rings. The summed E-state index contributed by atoms with van der Waals surface area (Å²) in [5.41, 5.74) is 11.8. The minimum atomic E-state index is 0.595. The Bertz CT molecular complexity index is 3200. The van der Waals surface area contributed by atoms with E-state index in [0.717, 1.165) is 66.8 Å². The molecular formula is C51H32N2O2. The summed E-state index contributed by atoms with van der Waals surface area (Å²) in [5.74, 6) is 0.595. The maximum atomic E-state index is 6.60. The Morgan fingerprint density at radius 2 is 1.02 bits per heavy atom. The van der Waals surface area contributed by atoms with Crippen LogP contribution in [0.25, 0.3) is 88.3 Å². The molecule has 4 nitrogen and oxygen atoms in total. The second-order valence-corrected chi connectivity index (χ2v) is 13.9. The first-order valence-electron chi connectivity index (χ1n) is 18.5. The van der Waals surface area contributed by atoms with Crippen molar-refractivity contribution in [3.8, 4) is 33.7 Å². The van der Waals surface area contributed by atoms with Gasteiger partial charge in [0.15, 0.2) is 5.58 Å². The maximum absolute atomic E-state index is 6.60. The van der Waals surface area contributed by atoms with E-state index in [1.54, 1.807) is 0 Å². The molecule has 0 N–H and O–H groups in total. The number of aromatic nitrogens is 1. The molecule has 4 heteroatoms. The average Bonchev–Trinajstić information content (AvgIpc) is 3.86. The summed E-state index contributed by atoms with van der Waals surface area (Å²) in [5, 5.41) is 6.95. The summed E-state index contributed by atoms with van der Waals surface area (Å²) in [6.45, 7) is 0. The van der Waals surface area contributed by atoms with Gasteiger partial charge in [0.1, 0.15) is 16.7 Å². The Balaban J connectivity index is 1.08. The van der Waals surface area contributed by atoms with E-state index < -0.39 is 0 Å². The number of hydrogen-bond acceptors (Lipinski definition) is 4. The number of para-hydroxylation sites is 1. The topological polar surface area (TPSA) is 42.4 Å². The third-order valence-electron chi connectivity index (χ3n) is 10.7. The van der Waals surface area contributed by atoms with Gasteiger partial charge in [0, 0.05) is 34.0 Å². The second kappa shape index (κ2) is 12.6. The molecule has 0 spiro atoms. The number of benzene rings is 9. The summed E-state index contributed by atoms with van der Waals surface area (Å²) < 4.78 is 12.8. The van der Waals surface area contributed by atoms with Crippen LogP contribution in [0, 0.1) is 0 Å². The summed E-state index contributed by atoms with van der Waals surface area (Å²) in [6, 6.07) is 68.2. The van der Waals surface area contributed by atoms with Crippen molar-refractivity contribution in [1.29, 1.82) is 0 Å². The Morgan fingerprint density at radius 3 is 1.84 bits per heavy atom. The number of anilines is 3. The Morgan fingerprint density at radius 1 is 0.382 bits per heavy atom. The highest BCUT2D eigenvalue weighted by atomic mass is 16.4. The molecule has 0 aliphatic carbocycles. The van der Waals surface area contributed by atoms with Gasteiger partial charge in [0.2, 0.25) is 5.89 Å². The lowest BCUT2D eigenvalue weighted by Gasteiger charge is -2.28. The highest BCUT2D eigenvalue weighted by Crippen LogP contribution is 2.44. The summed E-state index contributed by atoms with van der Waals surface area (Å²) in [6.07, 6.45) is 0. The molecule has 0 atom stereocenters. The van der Waals surface area contributed by atoms with Crippen molar-refractivity contribution in [2.75, 3.05) is 4.90 Å². The molecule has 0 aliphatic heterocycles. The first-order valence-corrected chi connectivity index (χ1v) is 18.5. The lowest BCUT2D eigenvalue weighted by atomic mass is 9.93. The smallest absolute Gasteiger partial charge is 0.227 e. The first-order chi connectivity index (χ1) is 27.3. The number of fused-ring (bicyclic) bond motifs is 8. The van der Waals surface area contributed by atoms with Crippen molar-refractivity contribution < 1.29 is 8.83 Å². The van der Waals surface area contributed by atoms with E-state index in [0.29, 0.717) is 5.89 Å². The van der Waals surface area contributed by atoms with E-state index in [-0.39, 0.29) is 0 Å². The number of oxazole rings is 1. The molecule has 0 fully saturated rings. The van der Waals surface area contributed by atoms with Crippen LogP contribution in [0.1, 0.15) is 0 Å². The third kappa shape index (κ3) is 5.19. The van der Waals surface area contributed by atoms with Gasteiger partial charge >= 0.3 is 0 Å². The van der Waals surface area contributed by atoms with Crippen LogP contribution in [0.4, 0.5) is 17.1 Å². The van der Waals surface area contributed by atoms with Gasteiger partial charge in [0.25, 0.3) is 0 Å². The molecule has 11 aromatic rings. The lowest BCUT2D eigenvalue weighted by Crippen LogP contribution is -2.11. The fraction of sp³-hybridized carbons (Fsp3) is 0. The molecule has 11 rings (SSSR count). The fourth-order valence-corrected chi connectivity index (χ4v) is 8.13. The quantitative estimate of drug-likeness (QED) is 0.162. The molecule has 0 amide bonds. The number of rotatable bonds is 6. The van der Waals surface area contributed by atoms with Gasteiger partial charge in [-0.05, 0) is 98.9 Å². The van der Waals surface area contributed by atoms with E-state index in [4.69, 9.17) is 13.8 Å². The number of nitrogens with zero attached hydrogens (tertiary/aromatic N) is 2. The molecule has 0 saturated carbocycles. The molecule has 2 aromatic heterocycles. The molecule has 0 saturated heterocycles. The largest absolute Gasteiger partial charge is 0.456 e. The van der Waals surface area contributed by atoms with Crippen molar-refractivity contribution in [3.63, 3.8) is 0 Å². The van der Waals surface area contributed by atoms with Gasteiger partial charge in [-0.3, -0.25) is 0 Å². The molecule has 2 heterocycles. The molecule has 0 unspecified atom stereocenters. The SMILES string of the molecule is c1ccc(-c2nc3c(ccc4oc5cc(N(c6ccc(-c7cc8ccccc8c8ccccc78)cc6)c6ccccc6-c6ccccc6)ccc5c43)o2)cc1. The van der Waals surface area contributed by atoms with Gasteiger partial charge in [0.05, 0.1) is 11.1 Å². The molecule has 0 radical (unpaired) electrons. The van der Waals surface area contributed by atoms with Gasteiger partial charge in [-0.2, -0.15) is 0 Å². The van der Waals surface area contributed by atoms with Crippen LogP contribution in [0.2, 0.25) is 0 Å². The Labute approximate surface area is 317 Å². The fourth-order valence-electron chi connectivity index (χ4n) is 8.13. The molecule has 258 valence electrons. The molecular weight excluding hydrogens is 673 g/mol. The van der Waals surface area contributed by atoms with Crippen molar-refractivity contribution >= 4 is 71.6 Å². The second-order valence-electron chi connectivity index (χ2n) is 13.9. The minimum absolute atomic E-state index is 0.595. The van der Waals surface area contributed by atoms with Crippen LogP contribution in [0.15, 0.2) is 203 Å². The van der Waals surface area contributed by atoms with Crippen molar-refractivity contribution in [1.82, 2.24) is 4.98 Å². The van der Waals surface area contributed by atoms with Gasteiger partial charge < -0.3 is 13.7 Å². The van der Waals surface area contributed by atoms with Gasteiger partial charge in [-0.25, -0.2) is 4.98 Å². The zero-order chi connectivity index (χ0) is 36.3. The van der Waals surface area contributed by atoms with E-state index >= 15 is 0 Å². The summed E-state index contributed by atoms with van der Waals surface area (Å²) in [4.78, 5) is 7.29. The van der Waals surface area contributed by atoms with Crippen LogP contribution in [-0.4, -0.2) is 4.98 Å². The van der Waals surface area contributed by atoms with E-state index in [1.807, 2.05) is 42.5 Å². The van der Waals surface area contributed by atoms with Crippen molar-refractivity contribution in [2.24, 2.45) is 0 Å². The van der Waals surface area contributed by atoms with E-state index in [2.05, 4.69) is 157 Å². The van der Waals surface area contributed by atoms with Gasteiger partial charge in [-0.1, -0.05) is 127 Å². The summed E-state index contributed by atoms with van der Waals surface area (Å²) in [7, 11) is 0. The molecule has 9 aromatic carbocycles. The van der Waals surface area contributed by atoms with Crippen LogP contribution in [-0.2, 0) is 0 Å². The van der Waals surface area contributed by atoms with Crippen LogP contribution >= 0.6 is 0 Å². The molecule has 55 heavy (non-hydrogen) atoms. The van der Waals surface area contributed by atoms with Crippen molar-refractivity contribution in [3.05, 3.63) is 194 Å². The minimum Gasteiger partial charge on any atom is -0.456 e. The highest BCUT2D eigenvalue weighted by molar-refractivity contribution is 6.17. The zero-order valence-corrected chi connectivity index (χ0v) is 29.7. The van der Waals surface area contributed by atoms with Crippen LogP contribution < -0.4 is 4.90 Å². The monoisotopic (exact) mass is 704 g/mol. The normalized spacial score (nSPS) is 11.6. The predicted octanol–water partition coefficient (Wildman–Crippen LogP) is 14.5. The number of furan rings is 1. The third-order valence-corrected chi connectivity index (χ3v) is 10.7. The standard InChI is InChI=1S/C51H32N2O2/c1-3-13-33(14-4-1)40-19-11-12-22-45(40)53(37-25-23-34(24-26-37)44-31-36-17-7-8-18-39(36)41-20-9-10-21-42(41)44)38-27-28-43-48(32-38)54-46-29-30-47-50(49(43)46)52-51(55-47)35-15-5-2-6-16-35/h1-32H. The lowest BCUT2D eigenvalue weighted by molar-refractivity contribution is 0.619. The summed E-state index contributed by atoms with van der Waals surface area (Å²) >= 11 is 0. The zero-order valence-electron chi connectivity index (χ0n) is 29.7. The number of hydrogen-bond donors (Lipinski definition) is 0. The predicted molar refractivity (Wildman–Crippen MR) is 227 cm³/mol. The van der Waals surface area contributed by atoms with Crippen molar-refractivity contribution in [2.45, 2.75) is 0 Å². The Kier molecular flexibility index (Phi) is 7.14. The molecule has 0 bridgehead atoms.